The molecule has 0 unspecified atom stereocenters. The second kappa shape index (κ2) is 11.6. The van der Waals surface area contributed by atoms with Crippen LogP contribution in [0.4, 0.5) is 23.2 Å². The van der Waals surface area contributed by atoms with Gasteiger partial charge in [-0.2, -0.15) is 13.2 Å². The van der Waals surface area contributed by atoms with Crippen LogP contribution in [0.1, 0.15) is 52.0 Å². The van der Waals surface area contributed by atoms with E-state index in [-0.39, 0.29) is 52.3 Å². The maximum atomic E-state index is 15.0. The van der Waals surface area contributed by atoms with E-state index < -0.39 is 29.4 Å². The van der Waals surface area contributed by atoms with Crippen LogP contribution in [0.15, 0.2) is 41.6 Å². The van der Waals surface area contributed by atoms with Crippen molar-refractivity contribution in [1.82, 2.24) is 15.6 Å². The van der Waals surface area contributed by atoms with Crippen LogP contribution in [0.25, 0.3) is 32.5 Å². The number of carbonyl (C=O) groups is 2. The van der Waals surface area contributed by atoms with Crippen molar-refractivity contribution in [2.45, 2.75) is 37.9 Å². The molecular formula is C26H25F4N7O2. The molecule has 2 amide bonds. The Labute approximate surface area is 220 Å². The van der Waals surface area contributed by atoms with Gasteiger partial charge in [0.15, 0.2) is 0 Å². The number of aromatic nitrogens is 1. The second-order valence-electron chi connectivity index (χ2n) is 9.07. The summed E-state index contributed by atoms with van der Waals surface area (Å²) in [6, 6.07) is 5.40. The standard InChI is InChI=1S/C26H25F4N7O2/c1-32-23-18-11-17(14-4-7-16(21(27)10-14)24(38)33-8-2-3-9-35-37-31)20(26(28,29)30)12-22(18)34-13-19(23)25(39)36-15-5-6-15/h4,7,10-13,15H,2-3,5-6,8-9H2,1H3,(H,32,34)(H,33,38)(H,36,39). The number of pyridine rings is 1. The van der Waals surface area contributed by atoms with Crippen LogP contribution in [-0.4, -0.2) is 43.0 Å². The lowest BCUT2D eigenvalue weighted by Gasteiger charge is -2.18. The number of hydrogen-bond acceptors (Lipinski definition) is 5. The average molecular weight is 544 g/mol. The van der Waals surface area contributed by atoms with Crippen LogP contribution in [0.5, 0.6) is 0 Å². The number of nitrogens with zero attached hydrogens (tertiary/aromatic N) is 4. The van der Waals surface area contributed by atoms with Gasteiger partial charge >= 0.3 is 6.18 Å². The first kappa shape index (κ1) is 27.6. The van der Waals surface area contributed by atoms with Crippen LogP contribution in [0, 0.1) is 5.82 Å². The molecule has 3 N–H and O–H groups in total. The number of carbonyl (C=O) groups excluding carboxylic acids is 2. The summed E-state index contributed by atoms with van der Waals surface area (Å²) in [5.41, 5.74) is 6.98. The number of amides is 2. The molecule has 0 atom stereocenters. The highest BCUT2D eigenvalue weighted by molar-refractivity contribution is 6.08. The minimum absolute atomic E-state index is 0.00956. The highest BCUT2D eigenvalue weighted by atomic mass is 19.4. The molecule has 0 aliphatic heterocycles. The number of anilines is 1. The maximum Gasteiger partial charge on any atom is 0.417 e. The minimum Gasteiger partial charge on any atom is -0.387 e. The van der Waals surface area contributed by atoms with E-state index in [4.69, 9.17) is 5.53 Å². The number of hydrogen-bond donors (Lipinski definition) is 3. The molecule has 1 saturated carbocycles. The van der Waals surface area contributed by atoms with E-state index in [1.54, 1.807) is 7.05 Å². The summed E-state index contributed by atoms with van der Waals surface area (Å²) in [6.07, 6.45) is -0.805. The molecule has 1 aliphatic carbocycles. The normalized spacial score (nSPS) is 13.1. The van der Waals surface area contributed by atoms with E-state index in [1.165, 1.54) is 18.3 Å². The Bertz CT molecular complexity index is 1460. The first-order chi connectivity index (χ1) is 18.6. The summed E-state index contributed by atoms with van der Waals surface area (Å²) in [5.74, 6) is -2.10. The number of alkyl halides is 3. The highest BCUT2D eigenvalue weighted by Crippen LogP contribution is 2.41. The van der Waals surface area contributed by atoms with Crippen molar-refractivity contribution < 1.29 is 27.2 Å². The fourth-order valence-electron chi connectivity index (χ4n) is 4.16. The lowest BCUT2D eigenvalue weighted by Crippen LogP contribution is -2.26. The summed E-state index contributed by atoms with van der Waals surface area (Å²) in [7, 11) is 1.55. The van der Waals surface area contributed by atoms with Gasteiger partial charge in [0.1, 0.15) is 5.82 Å². The number of unbranched alkanes of at least 4 members (excludes halogenated alkanes) is 1. The van der Waals surface area contributed by atoms with Gasteiger partial charge in [0, 0.05) is 42.7 Å². The van der Waals surface area contributed by atoms with Crippen LogP contribution in [0.2, 0.25) is 0 Å². The molecule has 1 aromatic heterocycles. The predicted molar refractivity (Wildman–Crippen MR) is 138 cm³/mol. The van der Waals surface area contributed by atoms with Crippen molar-refractivity contribution in [3.63, 3.8) is 0 Å². The van der Waals surface area contributed by atoms with Gasteiger partial charge in [0.2, 0.25) is 0 Å². The van der Waals surface area contributed by atoms with E-state index in [9.17, 15) is 27.2 Å². The molecule has 13 heteroatoms. The second-order valence-corrected chi connectivity index (χ2v) is 9.07. The van der Waals surface area contributed by atoms with E-state index in [0.717, 1.165) is 31.0 Å². The number of azide groups is 1. The number of fused-ring (bicyclic) bond motifs is 1. The third-order valence-electron chi connectivity index (χ3n) is 6.28. The Morgan fingerprint density at radius 3 is 2.54 bits per heavy atom. The molecule has 2 aromatic carbocycles. The molecule has 3 aromatic rings. The van der Waals surface area contributed by atoms with Crippen LogP contribution in [-0.2, 0) is 6.18 Å². The quantitative estimate of drug-likeness (QED) is 0.0978. The first-order valence-corrected chi connectivity index (χ1v) is 12.3. The van der Waals surface area contributed by atoms with Crippen molar-refractivity contribution in [3.8, 4) is 11.1 Å². The van der Waals surface area contributed by atoms with Gasteiger partial charge in [-0.1, -0.05) is 11.2 Å². The SMILES string of the molecule is CNc1c(C(=O)NC2CC2)cnc2cc(C(F)(F)F)c(-c3ccc(C(=O)NCCCCN=[N+]=[N-])c(F)c3)cc12. The Balaban J connectivity index is 1.69. The van der Waals surface area contributed by atoms with Gasteiger partial charge in [-0.05, 0) is 66.6 Å². The van der Waals surface area contributed by atoms with E-state index in [0.29, 0.717) is 18.5 Å². The van der Waals surface area contributed by atoms with Gasteiger partial charge in [-0.15, -0.1) is 0 Å². The largest absolute Gasteiger partial charge is 0.417 e. The smallest absolute Gasteiger partial charge is 0.387 e. The molecule has 0 saturated heterocycles. The van der Waals surface area contributed by atoms with Crippen molar-refractivity contribution >= 4 is 28.4 Å². The third kappa shape index (κ3) is 6.37. The van der Waals surface area contributed by atoms with E-state index in [1.807, 2.05) is 0 Å². The molecule has 39 heavy (non-hydrogen) atoms. The summed E-state index contributed by atoms with van der Waals surface area (Å²) >= 11 is 0. The van der Waals surface area contributed by atoms with Gasteiger partial charge in [-0.25, -0.2) is 4.39 Å². The van der Waals surface area contributed by atoms with Crippen LogP contribution in [0.3, 0.4) is 0 Å². The van der Waals surface area contributed by atoms with Crippen LogP contribution < -0.4 is 16.0 Å². The zero-order valence-corrected chi connectivity index (χ0v) is 20.9. The molecule has 4 rings (SSSR count). The summed E-state index contributed by atoms with van der Waals surface area (Å²) in [4.78, 5) is 31.8. The van der Waals surface area contributed by atoms with Gasteiger partial charge < -0.3 is 16.0 Å². The summed E-state index contributed by atoms with van der Waals surface area (Å²) < 4.78 is 57.2. The maximum absolute atomic E-state index is 15.0. The topological polar surface area (TPSA) is 132 Å². The number of nitrogens with one attached hydrogen (secondary N) is 3. The zero-order chi connectivity index (χ0) is 28.2. The Morgan fingerprint density at radius 1 is 1.13 bits per heavy atom. The fraction of sp³-hybridized carbons (Fsp3) is 0.346. The van der Waals surface area contributed by atoms with Crippen molar-refractivity contribution in [1.29, 1.82) is 0 Å². The molecule has 9 nitrogen and oxygen atoms in total. The molecule has 1 fully saturated rings. The monoisotopic (exact) mass is 543 g/mol. The number of benzene rings is 2. The van der Waals surface area contributed by atoms with Crippen LogP contribution >= 0.6 is 0 Å². The van der Waals surface area contributed by atoms with Crippen molar-refractivity contribution in [2.24, 2.45) is 5.11 Å². The third-order valence-corrected chi connectivity index (χ3v) is 6.28. The lowest BCUT2D eigenvalue weighted by atomic mass is 9.94. The molecule has 0 spiro atoms. The molecule has 0 bridgehead atoms. The fourth-order valence-corrected chi connectivity index (χ4v) is 4.16. The number of halogens is 4. The molecule has 0 radical (unpaired) electrons. The van der Waals surface area contributed by atoms with E-state index in [2.05, 4.69) is 31.0 Å². The van der Waals surface area contributed by atoms with Gasteiger partial charge in [-0.3, -0.25) is 14.6 Å². The first-order valence-electron chi connectivity index (χ1n) is 12.3. The predicted octanol–water partition coefficient (Wildman–Crippen LogP) is 5.81. The molecule has 1 heterocycles. The average Bonchev–Trinajstić information content (AvgIpc) is 3.72. The van der Waals surface area contributed by atoms with E-state index >= 15 is 0 Å². The Morgan fingerprint density at radius 2 is 1.90 bits per heavy atom. The zero-order valence-electron chi connectivity index (χ0n) is 20.9. The highest BCUT2D eigenvalue weighted by Gasteiger charge is 2.35. The Hall–Kier alpha value is -4.38. The number of rotatable bonds is 10. The summed E-state index contributed by atoms with van der Waals surface area (Å²) in [5, 5.41) is 11.9. The lowest BCUT2D eigenvalue weighted by molar-refractivity contribution is -0.137. The van der Waals surface area contributed by atoms with Gasteiger partial charge in [0.05, 0.1) is 27.9 Å². The van der Waals surface area contributed by atoms with Crippen molar-refractivity contribution in [3.05, 3.63) is 69.5 Å². The molecule has 1 aliphatic rings. The van der Waals surface area contributed by atoms with Crippen molar-refractivity contribution in [2.75, 3.05) is 25.5 Å². The molecule has 204 valence electrons. The minimum atomic E-state index is -4.78. The van der Waals surface area contributed by atoms with Gasteiger partial charge in [0.25, 0.3) is 11.8 Å². The molecular weight excluding hydrogens is 518 g/mol. The summed E-state index contributed by atoms with van der Waals surface area (Å²) in [6.45, 7) is 0.473. The Kier molecular flexibility index (Phi) is 8.20.